The lowest BCUT2D eigenvalue weighted by Gasteiger charge is -2.13. The van der Waals surface area contributed by atoms with Crippen LogP contribution in [0, 0.1) is 0 Å². The zero-order valence-corrected chi connectivity index (χ0v) is 6.63. The Hall–Kier alpha value is -0.730. The lowest BCUT2D eigenvalue weighted by Crippen LogP contribution is -2.29. The summed E-state index contributed by atoms with van der Waals surface area (Å²) in [5, 5.41) is 0. The van der Waals surface area contributed by atoms with E-state index in [0.29, 0.717) is 0 Å². The number of carbonyl (C=O) groups is 1. The van der Waals surface area contributed by atoms with Crippen LogP contribution in [0.3, 0.4) is 0 Å². The zero-order valence-electron chi connectivity index (χ0n) is 6.63. The molecule has 1 rings (SSSR count). The van der Waals surface area contributed by atoms with Gasteiger partial charge in [-0.3, -0.25) is 0 Å². The fourth-order valence-electron chi connectivity index (χ4n) is 1.15. The van der Waals surface area contributed by atoms with Crippen molar-refractivity contribution in [1.82, 2.24) is 4.90 Å². The van der Waals surface area contributed by atoms with Gasteiger partial charge in [-0.05, 0) is 13.3 Å². The summed E-state index contributed by atoms with van der Waals surface area (Å²) in [6, 6.07) is 0.234. The van der Waals surface area contributed by atoms with Gasteiger partial charge in [-0.25, -0.2) is 4.79 Å². The molecule has 0 saturated carbocycles. The molecular weight excluding hydrogens is 130 g/mol. The van der Waals surface area contributed by atoms with E-state index in [1.807, 2.05) is 13.8 Å². The van der Waals surface area contributed by atoms with Crippen LogP contribution in [0.2, 0.25) is 0 Å². The summed E-state index contributed by atoms with van der Waals surface area (Å²) in [6.45, 7) is 4.02. The fourth-order valence-corrected chi connectivity index (χ4v) is 1.15. The topological polar surface area (TPSA) is 29.5 Å². The molecular formula is C7H13NO2. The number of nitrogens with zero attached hydrogens (tertiary/aromatic N) is 1. The first-order valence-electron chi connectivity index (χ1n) is 3.60. The highest BCUT2D eigenvalue weighted by Gasteiger charge is 2.34. The number of carbonyl (C=O) groups excluding carboxylic acids is 1. The number of rotatable bonds is 1. The van der Waals surface area contributed by atoms with E-state index in [0.717, 1.165) is 6.42 Å². The predicted octanol–water partition coefficient (Wildman–Crippen LogP) is 1.24. The summed E-state index contributed by atoms with van der Waals surface area (Å²) in [7, 11) is 1.77. The molecule has 0 aromatic rings. The van der Waals surface area contributed by atoms with Gasteiger partial charge in [-0.15, -0.1) is 0 Å². The summed E-state index contributed by atoms with van der Waals surface area (Å²) >= 11 is 0. The van der Waals surface area contributed by atoms with E-state index >= 15 is 0 Å². The van der Waals surface area contributed by atoms with E-state index in [9.17, 15) is 4.79 Å². The average Bonchev–Trinajstić information content (AvgIpc) is 2.17. The molecule has 3 heteroatoms. The van der Waals surface area contributed by atoms with Gasteiger partial charge in [0.25, 0.3) is 0 Å². The van der Waals surface area contributed by atoms with E-state index in [-0.39, 0.29) is 18.2 Å². The largest absolute Gasteiger partial charge is 0.444 e. The van der Waals surface area contributed by atoms with Crippen molar-refractivity contribution in [2.24, 2.45) is 0 Å². The first kappa shape index (κ1) is 7.38. The Balaban J connectivity index is 2.61. The Morgan fingerprint density at radius 3 is 2.50 bits per heavy atom. The molecule has 2 atom stereocenters. The Bertz CT molecular complexity index is 147. The van der Waals surface area contributed by atoms with Crippen molar-refractivity contribution in [3.63, 3.8) is 0 Å². The quantitative estimate of drug-likeness (QED) is 0.552. The molecule has 3 nitrogen and oxygen atoms in total. The molecule has 0 spiro atoms. The van der Waals surface area contributed by atoms with Crippen molar-refractivity contribution in [3.8, 4) is 0 Å². The van der Waals surface area contributed by atoms with Crippen LogP contribution in [0.5, 0.6) is 0 Å². The second kappa shape index (κ2) is 2.48. The zero-order chi connectivity index (χ0) is 7.72. The maximum Gasteiger partial charge on any atom is 0.410 e. The predicted molar refractivity (Wildman–Crippen MR) is 37.8 cm³/mol. The van der Waals surface area contributed by atoms with E-state index in [4.69, 9.17) is 4.74 Å². The van der Waals surface area contributed by atoms with Crippen LogP contribution in [-0.4, -0.2) is 30.2 Å². The van der Waals surface area contributed by atoms with Gasteiger partial charge in [-0.1, -0.05) is 6.92 Å². The molecule has 0 aromatic carbocycles. The highest BCUT2D eigenvalue weighted by molar-refractivity contribution is 5.70. The summed E-state index contributed by atoms with van der Waals surface area (Å²) < 4.78 is 5.02. The molecule has 0 unspecified atom stereocenters. The second-order valence-electron chi connectivity index (χ2n) is 2.68. The van der Waals surface area contributed by atoms with E-state index < -0.39 is 0 Å². The first-order chi connectivity index (χ1) is 4.66. The van der Waals surface area contributed by atoms with Crippen molar-refractivity contribution < 1.29 is 9.53 Å². The van der Waals surface area contributed by atoms with Crippen LogP contribution >= 0.6 is 0 Å². The molecule has 58 valence electrons. The lowest BCUT2D eigenvalue weighted by atomic mass is 10.1. The summed E-state index contributed by atoms with van der Waals surface area (Å²) in [5.74, 6) is 0. The van der Waals surface area contributed by atoms with Crippen molar-refractivity contribution in [1.29, 1.82) is 0 Å². The maximum atomic E-state index is 10.9. The van der Waals surface area contributed by atoms with E-state index in [1.54, 1.807) is 11.9 Å². The minimum absolute atomic E-state index is 0.0949. The second-order valence-corrected chi connectivity index (χ2v) is 2.68. The highest BCUT2D eigenvalue weighted by atomic mass is 16.6. The lowest BCUT2D eigenvalue weighted by molar-refractivity contribution is 0.129. The minimum Gasteiger partial charge on any atom is -0.444 e. The number of ether oxygens (including phenoxy) is 1. The third-order valence-electron chi connectivity index (χ3n) is 2.09. The standard InChI is InChI=1S/C7H13NO2/c1-4-6-5(2)8(3)7(9)10-6/h5-6H,4H2,1-3H3/t5-,6-/m0/s1. The smallest absolute Gasteiger partial charge is 0.410 e. The molecule has 0 aliphatic carbocycles. The highest BCUT2D eigenvalue weighted by Crippen LogP contribution is 2.18. The molecule has 0 radical (unpaired) electrons. The van der Waals surface area contributed by atoms with Gasteiger partial charge in [0, 0.05) is 7.05 Å². The van der Waals surface area contributed by atoms with Crippen LogP contribution in [0.4, 0.5) is 4.79 Å². The molecule has 1 aliphatic rings. The van der Waals surface area contributed by atoms with Gasteiger partial charge >= 0.3 is 6.09 Å². The number of hydrogen-bond acceptors (Lipinski definition) is 2. The molecule has 10 heavy (non-hydrogen) atoms. The van der Waals surface area contributed by atoms with Crippen LogP contribution in [0.15, 0.2) is 0 Å². The number of cyclic esters (lactones) is 1. The molecule has 0 bridgehead atoms. The molecule has 1 saturated heterocycles. The first-order valence-corrected chi connectivity index (χ1v) is 3.60. The van der Waals surface area contributed by atoms with Crippen LogP contribution in [-0.2, 0) is 4.74 Å². The molecule has 1 amide bonds. The Labute approximate surface area is 61.0 Å². The van der Waals surface area contributed by atoms with Crippen LogP contribution < -0.4 is 0 Å². The van der Waals surface area contributed by atoms with Crippen LogP contribution in [0.25, 0.3) is 0 Å². The minimum atomic E-state index is -0.195. The van der Waals surface area contributed by atoms with Crippen molar-refractivity contribution in [2.45, 2.75) is 32.4 Å². The van der Waals surface area contributed by atoms with E-state index in [1.165, 1.54) is 0 Å². The van der Waals surface area contributed by atoms with Gasteiger partial charge in [0.2, 0.25) is 0 Å². The fraction of sp³-hybridized carbons (Fsp3) is 0.857. The monoisotopic (exact) mass is 143 g/mol. The van der Waals surface area contributed by atoms with Gasteiger partial charge in [0.15, 0.2) is 0 Å². The number of likely N-dealkylation sites (N-methyl/N-ethyl adjacent to an activating group) is 1. The molecule has 0 N–H and O–H groups in total. The van der Waals surface area contributed by atoms with Gasteiger partial charge in [-0.2, -0.15) is 0 Å². The van der Waals surface area contributed by atoms with Crippen molar-refractivity contribution in [3.05, 3.63) is 0 Å². The third-order valence-corrected chi connectivity index (χ3v) is 2.09. The van der Waals surface area contributed by atoms with Crippen molar-refractivity contribution >= 4 is 6.09 Å². The molecule has 1 aliphatic heterocycles. The van der Waals surface area contributed by atoms with Gasteiger partial charge in [0.05, 0.1) is 6.04 Å². The number of amides is 1. The molecule has 0 aromatic heterocycles. The Morgan fingerprint density at radius 2 is 2.30 bits per heavy atom. The summed E-state index contributed by atoms with van der Waals surface area (Å²) in [5.41, 5.74) is 0. The van der Waals surface area contributed by atoms with Gasteiger partial charge in [0.1, 0.15) is 6.10 Å². The van der Waals surface area contributed by atoms with Gasteiger partial charge < -0.3 is 9.64 Å². The maximum absolute atomic E-state index is 10.9. The number of hydrogen-bond donors (Lipinski definition) is 0. The Kier molecular flexibility index (Phi) is 1.83. The third kappa shape index (κ3) is 0.958. The summed E-state index contributed by atoms with van der Waals surface area (Å²) in [6.07, 6.45) is 0.800. The Morgan fingerprint density at radius 1 is 1.70 bits per heavy atom. The molecule has 1 heterocycles. The van der Waals surface area contributed by atoms with Crippen LogP contribution in [0.1, 0.15) is 20.3 Å². The average molecular weight is 143 g/mol. The summed E-state index contributed by atoms with van der Waals surface area (Å²) in [4.78, 5) is 12.5. The molecule has 1 fully saturated rings. The van der Waals surface area contributed by atoms with Crippen molar-refractivity contribution in [2.75, 3.05) is 7.05 Å². The SMILES string of the molecule is CC[C@@H]1OC(=O)N(C)[C@H]1C. The van der Waals surface area contributed by atoms with E-state index in [2.05, 4.69) is 0 Å². The normalized spacial score (nSPS) is 32.7.